The van der Waals surface area contributed by atoms with Crippen LogP contribution >= 0.6 is 0 Å². The van der Waals surface area contributed by atoms with Crippen LogP contribution in [0.4, 0.5) is 11.9 Å². The van der Waals surface area contributed by atoms with Gasteiger partial charge in [0.2, 0.25) is 11.9 Å². The van der Waals surface area contributed by atoms with Gasteiger partial charge in [-0.1, -0.05) is 0 Å². The molecule has 1 fully saturated rings. The number of nitrogens with one attached hydrogen (secondary N) is 2. The van der Waals surface area contributed by atoms with Crippen LogP contribution in [0.25, 0.3) is 5.95 Å². The second-order valence-electron chi connectivity index (χ2n) is 5.18. The van der Waals surface area contributed by atoms with Crippen LogP contribution in [0.1, 0.15) is 19.8 Å². The van der Waals surface area contributed by atoms with Crippen molar-refractivity contribution in [2.45, 2.75) is 25.3 Å². The zero-order valence-electron chi connectivity index (χ0n) is 11.8. The third-order valence-corrected chi connectivity index (χ3v) is 3.47. The Morgan fingerprint density at radius 2 is 2.00 bits per heavy atom. The molecular weight excluding hydrogens is 272 g/mol. The minimum absolute atomic E-state index is 0.104. The highest BCUT2D eigenvalue weighted by Gasteiger charge is 2.28. The fourth-order valence-corrected chi connectivity index (χ4v) is 2.19. The standard InChI is InChI=1S/C12H18N8O/c1-12(3-7-21-8-4-12)18-9-15-10(19-13)17-11(16-9)20-6-2-5-14-20/h2,5-6H,3-4,7-8,13H2,1H3,(H2,15,16,17,18,19). The molecular formula is C12H18N8O. The first-order chi connectivity index (χ1) is 10.2. The number of hydrogen-bond acceptors (Lipinski definition) is 8. The van der Waals surface area contributed by atoms with Gasteiger partial charge in [-0.05, 0) is 25.8 Å². The SMILES string of the molecule is CC1(Nc2nc(NN)nc(-n3cccn3)n2)CCOCC1. The molecule has 0 spiro atoms. The summed E-state index contributed by atoms with van der Waals surface area (Å²) in [5.41, 5.74) is 2.35. The third-order valence-electron chi connectivity index (χ3n) is 3.47. The van der Waals surface area contributed by atoms with Gasteiger partial charge < -0.3 is 10.1 Å². The van der Waals surface area contributed by atoms with Crippen LogP contribution in [0.15, 0.2) is 18.5 Å². The predicted octanol–water partition coefficient (Wildman–Crippen LogP) is 0.324. The molecule has 1 aliphatic rings. The lowest BCUT2D eigenvalue weighted by atomic mass is 9.93. The van der Waals surface area contributed by atoms with Crippen molar-refractivity contribution in [1.29, 1.82) is 0 Å². The molecule has 0 amide bonds. The Labute approximate surface area is 121 Å². The molecule has 4 N–H and O–H groups in total. The van der Waals surface area contributed by atoms with Crippen LogP contribution in [-0.4, -0.2) is 43.5 Å². The molecule has 21 heavy (non-hydrogen) atoms. The van der Waals surface area contributed by atoms with Crippen molar-refractivity contribution in [3.05, 3.63) is 18.5 Å². The molecule has 0 aromatic carbocycles. The van der Waals surface area contributed by atoms with E-state index in [-0.39, 0.29) is 11.5 Å². The zero-order chi connectivity index (χ0) is 14.7. The molecule has 2 aromatic rings. The van der Waals surface area contributed by atoms with E-state index in [1.165, 1.54) is 0 Å². The Kier molecular flexibility index (Phi) is 3.67. The average Bonchev–Trinajstić information content (AvgIpc) is 3.01. The molecule has 1 saturated heterocycles. The van der Waals surface area contributed by atoms with Crippen LogP contribution in [0, 0.1) is 0 Å². The minimum atomic E-state index is -0.104. The monoisotopic (exact) mass is 290 g/mol. The van der Waals surface area contributed by atoms with E-state index in [1.54, 1.807) is 23.1 Å². The lowest BCUT2D eigenvalue weighted by Crippen LogP contribution is -2.41. The van der Waals surface area contributed by atoms with Gasteiger partial charge in [0, 0.05) is 31.1 Å². The Hall–Kier alpha value is -2.26. The maximum atomic E-state index is 5.43. The second kappa shape index (κ2) is 5.62. The van der Waals surface area contributed by atoms with Crippen molar-refractivity contribution in [2.75, 3.05) is 24.0 Å². The minimum Gasteiger partial charge on any atom is -0.381 e. The largest absolute Gasteiger partial charge is 0.381 e. The fraction of sp³-hybridized carbons (Fsp3) is 0.500. The van der Waals surface area contributed by atoms with Crippen molar-refractivity contribution < 1.29 is 4.74 Å². The third kappa shape index (κ3) is 3.09. The Morgan fingerprint density at radius 1 is 1.24 bits per heavy atom. The van der Waals surface area contributed by atoms with Gasteiger partial charge in [0.1, 0.15) is 0 Å². The number of nitrogen functional groups attached to an aromatic ring is 1. The number of nitrogens with zero attached hydrogens (tertiary/aromatic N) is 5. The number of rotatable bonds is 4. The van der Waals surface area contributed by atoms with Crippen molar-refractivity contribution in [3.63, 3.8) is 0 Å². The van der Waals surface area contributed by atoms with Crippen molar-refractivity contribution in [2.24, 2.45) is 5.84 Å². The summed E-state index contributed by atoms with van der Waals surface area (Å²) in [5, 5.41) is 7.47. The topological polar surface area (TPSA) is 116 Å². The van der Waals surface area contributed by atoms with Gasteiger partial charge in [-0.2, -0.15) is 20.1 Å². The Morgan fingerprint density at radius 3 is 2.67 bits per heavy atom. The maximum absolute atomic E-state index is 5.43. The van der Waals surface area contributed by atoms with Gasteiger partial charge in [-0.3, -0.25) is 5.43 Å². The predicted molar refractivity (Wildman–Crippen MR) is 76.8 cm³/mol. The van der Waals surface area contributed by atoms with E-state index in [0.29, 0.717) is 11.9 Å². The number of anilines is 2. The molecule has 0 unspecified atom stereocenters. The number of ether oxygens (including phenoxy) is 1. The molecule has 0 saturated carbocycles. The van der Waals surface area contributed by atoms with E-state index in [1.807, 2.05) is 0 Å². The molecule has 2 aromatic heterocycles. The van der Waals surface area contributed by atoms with Crippen LogP contribution in [0.5, 0.6) is 0 Å². The molecule has 9 heteroatoms. The number of nitrogens with two attached hydrogens (primary N) is 1. The quantitative estimate of drug-likeness (QED) is 0.545. The summed E-state index contributed by atoms with van der Waals surface area (Å²) in [4.78, 5) is 12.8. The molecule has 9 nitrogen and oxygen atoms in total. The highest BCUT2D eigenvalue weighted by atomic mass is 16.5. The van der Waals surface area contributed by atoms with Crippen molar-refractivity contribution in [1.82, 2.24) is 24.7 Å². The first-order valence-electron chi connectivity index (χ1n) is 6.77. The van der Waals surface area contributed by atoms with Gasteiger partial charge >= 0.3 is 0 Å². The van der Waals surface area contributed by atoms with Crippen LogP contribution in [-0.2, 0) is 4.74 Å². The molecule has 3 rings (SSSR count). The Bertz CT molecular complexity index is 593. The summed E-state index contributed by atoms with van der Waals surface area (Å²) in [6, 6.07) is 1.80. The van der Waals surface area contributed by atoms with Gasteiger partial charge in [-0.15, -0.1) is 0 Å². The second-order valence-corrected chi connectivity index (χ2v) is 5.18. The van der Waals surface area contributed by atoms with E-state index in [9.17, 15) is 0 Å². The lowest BCUT2D eigenvalue weighted by molar-refractivity contribution is 0.0656. The van der Waals surface area contributed by atoms with Crippen LogP contribution in [0.3, 0.4) is 0 Å². The molecule has 0 atom stereocenters. The molecule has 0 aliphatic carbocycles. The summed E-state index contributed by atoms with van der Waals surface area (Å²) < 4.78 is 6.95. The molecule has 1 aliphatic heterocycles. The summed E-state index contributed by atoms with van der Waals surface area (Å²) >= 11 is 0. The average molecular weight is 290 g/mol. The molecule has 0 radical (unpaired) electrons. The van der Waals surface area contributed by atoms with Crippen molar-refractivity contribution >= 4 is 11.9 Å². The first-order valence-corrected chi connectivity index (χ1v) is 6.77. The number of hydrogen-bond donors (Lipinski definition) is 3. The van der Waals surface area contributed by atoms with Crippen LogP contribution < -0.4 is 16.6 Å². The number of aromatic nitrogens is 5. The fourth-order valence-electron chi connectivity index (χ4n) is 2.19. The van der Waals surface area contributed by atoms with Gasteiger partial charge in [0.05, 0.1) is 0 Å². The normalized spacial score (nSPS) is 17.4. The van der Waals surface area contributed by atoms with Gasteiger partial charge in [-0.25, -0.2) is 10.5 Å². The lowest BCUT2D eigenvalue weighted by Gasteiger charge is -2.34. The van der Waals surface area contributed by atoms with E-state index in [0.717, 1.165) is 26.1 Å². The van der Waals surface area contributed by atoms with E-state index in [4.69, 9.17) is 10.6 Å². The number of hydrazine groups is 1. The smallest absolute Gasteiger partial charge is 0.257 e. The van der Waals surface area contributed by atoms with Gasteiger partial charge in [0.15, 0.2) is 0 Å². The van der Waals surface area contributed by atoms with Crippen LogP contribution in [0.2, 0.25) is 0 Å². The summed E-state index contributed by atoms with van der Waals surface area (Å²) in [5.74, 6) is 6.58. The highest BCUT2D eigenvalue weighted by molar-refractivity contribution is 5.39. The summed E-state index contributed by atoms with van der Waals surface area (Å²) in [6.45, 7) is 3.58. The zero-order valence-corrected chi connectivity index (χ0v) is 11.8. The highest BCUT2D eigenvalue weighted by Crippen LogP contribution is 2.24. The van der Waals surface area contributed by atoms with Crippen molar-refractivity contribution in [3.8, 4) is 5.95 Å². The first kappa shape index (κ1) is 13.7. The van der Waals surface area contributed by atoms with Gasteiger partial charge in [0.25, 0.3) is 5.95 Å². The Balaban J connectivity index is 1.89. The van der Waals surface area contributed by atoms with E-state index < -0.39 is 0 Å². The maximum Gasteiger partial charge on any atom is 0.257 e. The summed E-state index contributed by atoms with van der Waals surface area (Å²) in [6.07, 6.45) is 5.20. The molecule has 3 heterocycles. The van der Waals surface area contributed by atoms with E-state index in [2.05, 4.69) is 37.7 Å². The summed E-state index contributed by atoms with van der Waals surface area (Å²) in [7, 11) is 0. The van der Waals surface area contributed by atoms with E-state index >= 15 is 0 Å². The molecule has 0 bridgehead atoms. The molecule has 112 valence electrons.